The van der Waals surface area contributed by atoms with Gasteiger partial charge in [0.2, 0.25) is 0 Å². The van der Waals surface area contributed by atoms with Gasteiger partial charge in [0.25, 0.3) is 0 Å². The Bertz CT molecular complexity index is 517. The Hall–Kier alpha value is -1.16. The van der Waals surface area contributed by atoms with Crippen molar-refractivity contribution in [1.82, 2.24) is 10.6 Å². The molecule has 0 bridgehead atoms. The number of nitrogens with one attached hydrogen (secondary N) is 2. The summed E-state index contributed by atoms with van der Waals surface area (Å²) >= 11 is 2.01. The third-order valence-corrected chi connectivity index (χ3v) is 6.30. The Labute approximate surface area is 144 Å². The first-order valence-electron chi connectivity index (χ1n) is 8.85. The second-order valence-corrected chi connectivity index (χ2v) is 7.97. The van der Waals surface area contributed by atoms with E-state index in [4.69, 9.17) is 0 Å². The van der Waals surface area contributed by atoms with Gasteiger partial charge in [0, 0.05) is 24.9 Å². The van der Waals surface area contributed by atoms with Gasteiger partial charge >= 0.3 is 0 Å². The van der Waals surface area contributed by atoms with Crippen LogP contribution >= 0.6 is 11.8 Å². The van der Waals surface area contributed by atoms with E-state index in [1.807, 2.05) is 18.8 Å². The van der Waals surface area contributed by atoms with E-state index in [0.29, 0.717) is 6.04 Å². The highest BCUT2D eigenvalue weighted by Gasteiger charge is 2.37. The average Bonchev–Trinajstić information content (AvgIpc) is 3.39. The van der Waals surface area contributed by atoms with Gasteiger partial charge in [0.15, 0.2) is 5.96 Å². The topological polar surface area (TPSA) is 36.4 Å². The second kappa shape index (κ2) is 8.09. The summed E-state index contributed by atoms with van der Waals surface area (Å²) in [5, 5.41) is 7.99. The van der Waals surface area contributed by atoms with Crippen molar-refractivity contribution in [1.29, 1.82) is 0 Å². The van der Waals surface area contributed by atoms with Gasteiger partial charge in [-0.1, -0.05) is 36.8 Å². The number of thioether (sulfide) groups is 1. The van der Waals surface area contributed by atoms with Gasteiger partial charge in [0.1, 0.15) is 0 Å². The molecule has 4 atom stereocenters. The van der Waals surface area contributed by atoms with E-state index in [2.05, 4.69) is 52.2 Å². The molecule has 0 spiro atoms. The molecule has 0 aliphatic heterocycles. The lowest BCUT2D eigenvalue weighted by molar-refractivity contribution is 0.419. The van der Waals surface area contributed by atoms with Crippen molar-refractivity contribution < 1.29 is 0 Å². The first-order valence-corrected chi connectivity index (χ1v) is 10.1. The molecule has 3 rings (SSSR count). The monoisotopic (exact) mass is 331 g/mol. The van der Waals surface area contributed by atoms with Crippen LogP contribution in [0.25, 0.3) is 0 Å². The van der Waals surface area contributed by atoms with E-state index in [0.717, 1.165) is 29.6 Å². The van der Waals surface area contributed by atoms with E-state index >= 15 is 0 Å². The minimum Gasteiger partial charge on any atom is -0.356 e. The lowest BCUT2D eigenvalue weighted by Crippen LogP contribution is -2.46. The fourth-order valence-electron chi connectivity index (χ4n) is 3.69. The molecule has 2 saturated carbocycles. The van der Waals surface area contributed by atoms with E-state index in [1.54, 1.807) is 0 Å². The summed E-state index contributed by atoms with van der Waals surface area (Å²) in [7, 11) is 1.88. The molecule has 1 aromatic rings. The van der Waals surface area contributed by atoms with Crippen LogP contribution in [0.4, 0.5) is 0 Å². The van der Waals surface area contributed by atoms with Crippen LogP contribution in [0.15, 0.2) is 35.3 Å². The van der Waals surface area contributed by atoms with E-state index in [1.165, 1.54) is 37.7 Å². The molecule has 0 amide bonds. The molecular formula is C19H29N3S. The molecule has 0 radical (unpaired) electrons. The van der Waals surface area contributed by atoms with Crippen LogP contribution < -0.4 is 10.6 Å². The summed E-state index contributed by atoms with van der Waals surface area (Å²) in [6.45, 7) is 1.03. The van der Waals surface area contributed by atoms with Crippen LogP contribution in [0.3, 0.4) is 0 Å². The molecule has 4 unspecified atom stereocenters. The predicted octanol–water partition coefficient (Wildman–Crippen LogP) is 3.63. The molecule has 0 aromatic heterocycles. The summed E-state index contributed by atoms with van der Waals surface area (Å²) < 4.78 is 0. The molecule has 4 heteroatoms. The third kappa shape index (κ3) is 4.66. The van der Waals surface area contributed by atoms with Gasteiger partial charge in [-0.2, -0.15) is 11.8 Å². The highest BCUT2D eigenvalue weighted by atomic mass is 32.2. The predicted molar refractivity (Wildman–Crippen MR) is 101 cm³/mol. The molecule has 23 heavy (non-hydrogen) atoms. The fourth-order valence-corrected chi connectivity index (χ4v) is 4.51. The number of rotatable bonds is 5. The number of aliphatic imine (C=N–C) groups is 1. The first kappa shape index (κ1) is 16.7. The minimum absolute atomic E-state index is 0.580. The molecule has 1 aromatic carbocycles. The number of hydrogen-bond acceptors (Lipinski definition) is 2. The lowest BCUT2D eigenvalue weighted by atomic mass is 9.95. The van der Waals surface area contributed by atoms with Crippen LogP contribution in [0.5, 0.6) is 0 Å². The molecule has 126 valence electrons. The molecule has 2 fully saturated rings. The minimum atomic E-state index is 0.580. The van der Waals surface area contributed by atoms with Crippen LogP contribution in [-0.4, -0.2) is 37.1 Å². The summed E-state index contributed by atoms with van der Waals surface area (Å²) in [5.41, 5.74) is 1.48. The van der Waals surface area contributed by atoms with Gasteiger partial charge < -0.3 is 10.6 Å². The van der Waals surface area contributed by atoms with Crippen molar-refractivity contribution >= 4 is 17.7 Å². The summed E-state index contributed by atoms with van der Waals surface area (Å²) in [6.07, 6.45) is 8.76. The molecule has 2 aliphatic rings. The van der Waals surface area contributed by atoms with Crippen LogP contribution in [-0.2, 0) is 0 Å². The molecule has 2 N–H and O–H groups in total. The third-order valence-electron chi connectivity index (χ3n) is 5.21. The van der Waals surface area contributed by atoms with E-state index in [9.17, 15) is 0 Å². The number of benzene rings is 1. The van der Waals surface area contributed by atoms with Gasteiger partial charge in [-0.3, -0.25) is 4.99 Å². The summed E-state index contributed by atoms with van der Waals surface area (Å²) in [4.78, 5) is 4.42. The number of hydrogen-bond donors (Lipinski definition) is 2. The Balaban J connectivity index is 1.42. The van der Waals surface area contributed by atoms with E-state index in [-0.39, 0.29) is 0 Å². The van der Waals surface area contributed by atoms with Crippen molar-refractivity contribution in [3.8, 4) is 0 Å². The van der Waals surface area contributed by atoms with Gasteiger partial charge in [-0.25, -0.2) is 0 Å². The summed E-state index contributed by atoms with van der Waals surface area (Å²) in [6, 6.07) is 11.5. The molecular weight excluding hydrogens is 302 g/mol. The smallest absolute Gasteiger partial charge is 0.191 e. The first-order chi connectivity index (χ1) is 11.3. The molecule has 2 aliphatic carbocycles. The SMILES string of the molecule is CN=C(NCC1CC1c1ccccc1)NC1CCCC(SC)C1. The maximum absolute atomic E-state index is 4.42. The Morgan fingerprint density at radius 3 is 2.78 bits per heavy atom. The Morgan fingerprint density at radius 2 is 2.04 bits per heavy atom. The van der Waals surface area contributed by atoms with Gasteiger partial charge in [-0.05, 0) is 49.3 Å². The van der Waals surface area contributed by atoms with Gasteiger partial charge in [-0.15, -0.1) is 0 Å². The molecule has 3 nitrogen and oxygen atoms in total. The maximum Gasteiger partial charge on any atom is 0.191 e. The second-order valence-electron chi connectivity index (χ2n) is 6.83. The maximum atomic E-state index is 4.42. The molecule has 0 saturated heterocycles. The van der Waals surface area contributed by atoms with Crippen molar-refractivity contribution in [3.05, 3.63) is 35.9 Å². The van der Waals surface area contributed by atoms with Crippen molar-refractivity contribution in [2.75, 3.05) is 19.8 Å². The highest BCUT2D eigenvalue weighted by molar-refractivity contribution is 7.99. The molecule has 0 heterocycles. The zero-order chi connectivity index (χ0) is 16.1. The van der Waals surface area contributed by atoms with Crippen molar-refractivity contribution in [3.63, 3.8) is 0 Å². The average molecular weight is 332 g/mol. The van der Waals surface area contributed by atoms with Gasteiger partial charge in [0.05, 0.1) is 0 Å². The lowest BCUT2D eigenvalue weighted by Gasteiger charge is -2.29. The van der Waals surface area contributed by atoms with Crippen LogP contribution in [0.2, 0.25) is 0 Å². The summed E-state index contributed by atoms with van der Waals surface area (Å²) in [5.74, 6) is 2.47. The van der Waals surface area contributed by atoms with Crippen molar-refractivity contribution in [2.24, 2.45) is 10.9 Å². The van der Waals surface area contributed by atoms with Crippen molar-refractivity contribution in [2.45, 2.75) is 49.3 Å². The highest BCUT2D eigenvalue weighted by Crippen LogP contribution is 2.46. The standard InChI is InChI=1S/C19H29N3S/c1-20-19(22-16-9-6-10-17(12-16)23-2)21-13-15-11-18(15)14-7-4-3-5-8-14/h3-5,7-8,15-18H,6,9-13H2,1-2H3,(H2,20,21,22). The number of nitrogens with zero attached hydrogens (tertiary/aromatic N) is 1. The number of guanidine groups is 1. The normalized spacial score (nSPS) is 30.8. The van der Waals surface area contributed by atoms with Crippen LogP contribution in [0.1, 0.15) is 43.6 Å². The zero-order valence-corrected chi connectivity index (χ0v) is 15.1. The zero-order valence-electron chi connectivity index (χ0n) is 14.3. The fraction of sp³-hybridized carbons (Fsp3) is 0.632. The Morgan fingerprint density at radius 1 is 1.22 bits per heavy atom. The quantitative estimate of drug-likeness (QED) is 0.639. The Kier molecular flexibility index (Phi) is 5.87. The van der Waals surface area contributed by atoms with Crippen LogP contribution in [0, 0.1) is 5.92 Å². The van der Waals surface area contributed by atoms with E-state index < -0.39 is 0 Å². The largest absolute Gasteiger partial charge is 0.356 e.